The highest BCUT2D eigenvalue weighted by Crippen LogP contribution is 2.43. The first-order chi connectivity index (χ1) is 26.5. The first kappa shape index (κ1) is 50.3. The molecule has 1 aromatic carbocycles. The molecule has 1 aliphatic rings. The third-order valence-electron chi connectivity index (χ3n) is 10.7. The van der Waals surface area contributed by atoms with Crippen molar-refractivity contribution in [3.8, 4) is 17.6 Å². The summed E-state index contributed by atoms with van der Waals surface area (Å²) in [6, 6.07) is 2.76. The van der Waals surface area contributed by atoms with E-state index in [1.807, 2.05) is 0 Å². The lowest BCUT2D eigenvalue weighted by atomic mass is 10.1. The number of hydrogen-bond donors (Lipinski definition) is 4. The molecule has 57 heavy (non-hydrogen) atoms. The SMILES string of the molecule is CCCCCCCCCCC#Cc1ccc(C(=O)NC(C)[C@H](O)O[Si](C(C)C)(C(C)C)C(C)C)c(OC[C@@H]2CC(F)(F)CN2C(=O)CN(C)C(=O)CP(=O)(O)O)c1. The summed E-state index contributed by atoms with van der Waals surface area (Å²) in [5, 5.41) is 14.1. The number of alkyl halides is 2. The molecular formula is C41H68F2N3O9PSi. The fourth-order valence-corrected chi connectivity index (χ4v) is 13.7. The Hall–Kier alpha value is -2.86. The fourth-order valence-electron chi connectivity index (χ4n) is 7.70. The lowest BCUT2D eigenvalue weighted by Gasteiger charge is -2.44. The molecule has 1 aromatic rings. The van der Waals surface area contributed by atoms with Crippen LogP contribution in [0.25, 0.3) is 0 Å². The van der Waals surface area contributed by atoms with Crippen molar-refractivity contribution in [2.75, 3.05) is 32.9 Å². The quantitative estimate of drug-likeness (QED) is 0.0288. The number of halogens is 2. The second-order valence-electron chi connectivity index (χ2n) is 16.4. The summed E-state index contributed by atoms with van der Waals surface area (Å²) in [6.07, 6.45) is 6.86. The van der Waals surface area contributed by atoms with Crippen LogP contribution < -0.4 is 10.1 Å². The van der Waals surface area contributed by atoms with Crippen LogP contribution >= 0.6 is 7.60 Å². The van der Waals surface area contributed by atoms with Crippen LogP contribution in [-0.4, -0.2) is 108 Å². The minimum atomic E-state index is -4.71. The lowest BCUT2D eigenvalue weighted by molar-refractivity contribution is -0.139. The Bertz CT molecular complexity index is 1560. The number of likely N-dealkylation sites (tertiary alicyclic amines) is 1. The molecule has 1 saturated heterocycles. The van der Waals surface area contributed by atoms with E-state index in [1.54, 1.807) is 19.1 Å². The monoisotopic (exact) mass is 843 g/mol. The molecule has 3 atom stereocenters. The summed E-state index contributed by atoms with van der Waals surface area (Å²) in [7, 11) is -6.07. The first-order valence-corrected chi connectivity index (χ1v) is 24.4. The number of rotatable bonds is 23. The van der Waals surface area contributed by atoms with Crippen LogP contribution in [0.5, 0.6) is 5.75 Å². The number of amides is 3. The number of aliphatic hydroxyl groups excluding tert-OH is 1. The smallest absolute Gasteiger partial charge is 0.334 e. The van der Waals surface area contributed by atoms with Gasteiger partial charge in [0.15, 0.2) is 6.29 Å². The molecule has 16 heteroatoms. The molecular weight excluding hydrogens is 776 g/mol. The molecule has 12 nitrogen and oxygen atoms in total. The van der Waals surface area contributed by atoms with Crippen LogP contribution in [-0.2, 0) is 18.6 Å². The Labute approximate surface area is 340 Å². The molecule has 0 aromatic heterocycles. The molecule has 4 N–H and O–H groups in total. The predicted octanol–water partition coefficient (Wildman–Crippen LogP) is 7.45. The third kappa shape index (κ3) is 16.0. The van der Waals surface area contributed by atoms with Gasteiger partial charge in [0.1, 0.15) is 18.5 Å². The van der Waals surface area contributed by atoms with Crippen molar-refractivity contribution >= 4 is 33.6 Å². The van der Waals surface area contributed by atoms with Crippen molar-refractivity contribution in [2.24, 2.45) is 0 Å². The molecule has 2 rings (SSSR count). The van der Waals surface area contributed by atoms with Gasteiger partial charge in [0.05, 0.1) is 30.7 Å². The van der Waals surface area contributed by atoms with Crippen LogP contribution in [0, 0.1) is 11.8 Å². The number of carbonyl (C=O) groups is 3. The minimum absolute atomic E-state index is 0.0424. The zero-order valence-corrected chi connectivity index (χ0v) is 37.4. The van der Waals surface area contributed by atoms with Crippen LogP contribution in [0.2, 0.25) is 16.6 Å². The molecule has 1 unspecified atom stereocenters. The van der Waals surface area contributed by atoms with E-state index in [4.69, 9.17) is 18.9 Å². The number of hydrogen-bond acceptors (Lipinski definition) is 7. The van der Waals surface area contributed by atoms with Crippen molar-refractivity contribution in [3.63, 3.8) is 0 Å². The van der Waals surface area contributed by atoms with Gasteiger partial charge in [-0.1, -0.05) is 105 Å². The van der Waals surface area contributed by atoms with Gasteiger partial charge < -0.3 is 39.2 Å². The molecule has 0 aliphatic carbocycles. The van der Waals surface area contributed by atoms with E-state index in [0.29, 0.717) is 12.0 Å². The number of benzene rings is 1. The third-order valence-corrected chi connectivity index (χ3v) is 17.4. The Balaban J connectivity index is 2.31. The molecule has 0 bridgehead atoms. The number of ether oxygens (including phenoxy) is 1. The number of likely N-dealkylation sites (N-methyl/N-ethyl adjacent to an activating group) is 1. The molecule has 1 heterocycles. The van der Waals surface area contributed by atoms with E-state index in [1.165, 1.54) is 38.2 Å². The summed E-state index contributed by atoms with van der Waals surface area (Å²) in [5.41, 5.74) is 1.17. The van der Waals surface area contributed by atoms with Crippen LogP contribution in [0.4, 0.5) is 8.78 Å². The highest BCUT2D eigenvalue weighted by molar-refractivity contribution is 7.52. The maximum Gasteiger partial charge on any atom is 0.334 e. The lowest BCUT2D eigenvalue weighted by Crippen LogP contribution is -2.54. The molecule has 1 aliphatic heterocycles. The Morgan fingerprint density at radius 1 is 1.00 bits per heavy atom. The van der Waals surface area contributed by atoms with E-state index in [-0.39, 0.29) is 27.9 Å². The molecule has 1 fully saturated rings. The topological polar surface area (TPSA) is 166 Å². The van der Waals surface area contributed by atoms with Crippen LogP contribution in [0.3, 0.4) is 0 Å². The zero-order chi connectivity index (χ0) is 43.1. The summed E-state index contributed by atoms with van der Waals surface area (Å²) in [5.74, 6) is 0.587. The normalized spacial score (nSPS) is 16.7. The minimum Gasteiger partial charge on any atom is -0.491 e. The van der Waals surface area contributed by atoms with Crippen molar-refractivity contribution < 1.29 is 51.8 Å². The van der Waals surface area contributed by atoms with Gasteiger partial charge in [-0.2, -0.15) is 0 Å². The second-order valence-corrected chi connectivity index (χ2v) is 23.5. The molecule has 0 spiro atoms. The fraction of sp³-hybridized carbons (Fsp3) is 0.732. The summed E-state index contributed by atoms with van der Waals surface area (Å²) < 4.78 is 53.4. The number of aliphatic hydroxyl groups is 1. The van der Waals surface area contributed by atoms with E-state index < -0.39 is 90.2 Å². The number of nitrogens with one attached hydrogen (secondary N) is 1. The van der Waals surface area contributed by atoms with Crippen molar-refractivity contribution in [2.45, 2.75) is 161 Å². The van der Waals surface area contributed by atoms with Crippen molar-refractivity contribution in [1.82, 2.24) is 15.1 Å². The Kier molecular flexibility index (Phi) is 20.3. The van der Waals surface area contributed by atoms with E-state index in [9.17, 15) is 32.8 Å². The van der Waals surface area contributed by atoms with Gasteiger partial charge in [0.25, 0.3) is 11.8 Å². The van der Waals surface area contributed by atoms with Crippen LogP contribution in [0.15, 0.2) is 18.2 Å². The van der Waals surface area contributed by atoms with Crippen LogP contribution in [0.1, 0.15) is 136 Å². The molecule has 3 amide bonds. The van der Waals surface area contributed by atoms with E-state index >= 15 is 0 Å². The maximum atomic E-state index is 14.8. The maximum absolute atomic E-state index is 14.8. The summed E-state index contributed by atoms with van der Waals surface area (Å²) in [6.45, 7) is 14.3. The first-order valence-electron chi connectivity index (χ1n) is 20.4. The second kappa shape index (κ2) is 23.1. The van der Waals surface area contributed by atoms with Crippen molar-refractivity contribution in [3.05, 3.63) is 29.3 Å². The predicted molar refractivity (Wildman–Crippen MR) is 221 cm³/mol. The summed E-state index contributed by atoms with van der Waals surface area (Å²) >= 11 is 0. The Morgan fingerprint density at radius 2 is 1.58 bits per heavy atom. The highest BCUT2D eigenvalue weighted by Gasteiger charge is 2.48. The van der Waals surface area contributed by atoms with Gasteiger partial charge in [0.2, 0.25) is 20.1 Å². The van der Waals surface area contributed by atoms with E-state index in [0.717, 1.165) is 36.1 Å². The van der Waals surface area contributed by atoms with Gasteiger partial charge in [0, 0.05) is 25.5 Å². The van der Waals surface area contributed by atoms with Gasteiger partial charge in [-0.05, 0) is 48.2 Å². The van der Waals surface area contributed by atoms with Gasteiger partial charge in [-0.15, -0.1) is 0 Å². The van der Waals surface area contributed by atoms with E-state index in [2.05, 4.69) is 65.6 Å². The van der Waals surface area contributed by atoms with Crippen molar-refractivity contribution in [1.29, 1.82) is 0 Å². The summed E-state index contributed by atoms with van der Waals surface area (Å²) in [4.78, 5) is 59.2. The van der Waals surface area contributed by atoms with Gasteiger partial charge >= 0.3 is 7.60 Å². The standard InChI is InChI=1S/C41H68F2N3O9PSi/c1-10-11-12-13-14-15-16-17-18-19-20-33-21-22-35(39(49)44-32(8)40(50)55-57(29(2)3,30(4)5)31(6)7)36(23-33)54-26-34-24-41(42,43)28-46(34)37(47)25-45(9)38(48)27-56(51,52)53/h21-23,29-32,34,40,50H,10-18,24-28H2,1-9H3,(H,44,49)(H2,51,52,53)/t32?,34-,40+/m0/s1. The van der Waals surface area contributed by atoms with Gasteiger partial charge in [-0.25, -0.2) is 8.78 Å². The number of unbranched alkanes of at least 4 members (excludes halogenated alkanes) is 8. The highest BCUT2D eigenvalue weighted by atomic mass is 31.2. The number of carbonyl (C=O) groups excluding carboxylic acids is 3. The molecule has 0 saturated carbocycles. The largest absolute Gasteiger partial charge is 0.491 e. The zero-order valence-electron chi connectivity index (χ0n) is 35.5. The van der Waals surface area contributed by atoms with Gasteiger partial charge in [-0.3, -0.25) is 18.9 Å². The average molecular weight is 844 g/mol. The molecule has 0 radical (unpaired) electrons. The average Bonchev–Trinajstić information content (AvgIpc) is 3.43. The number of nitrogens with zero attached hydrogens (tertiary/aromatic N) is 2. The molecule has 324 valence electrons. The Morgan fingerprint density at radius 3 is 2.14 bits per heavy atom.